The van der Waals surface area contributed by atoms with Gasteiger partial charge in [-0.05, 0) is 37.5 Å². The molecule has 4 nitrogen and oxygen atoms in total. The van der Waals surface area contributed by atoms with E-state index in [0.29, 0.717) is 12.8 Å². The molecule has 1 N–H and O–H groups in total. The van der Waals surface area contributed by atoms with E-state index in [0.717, 1.165) is 10.2 Å². The molecule has 0 aliphatic heterocycles. The molecule has 2 aromatic rings. The molecule has 1 amide bonds. The molecule has 1 aromatic heterocycles. The Morgan fingerprint density at radius 1 is 1.40 bits per heavy atom. The summed E-state index contributed by atoms with van der Waals surface area (Å²) in [5.74, 6) is -1.45. The summed E-state index contributed by atoms with van der Waals surface area (Å²) in [6.07, 6.45) is -3.32. The maximum atomic E-state index is 13.7. The number of aryl methyl sites for hydroxylation is 1. The molecule has 25 heavy (non-hydrogen) atoms. The van der Waals surface area contributed by atoms with Gasteiger partial charge in [-0.1, -0.05) is 17.7 Å². The number of halogens is 5. The van der Waals surface area contributed by atoms with E-state index in [1.54, 1.807) is 13.0 Å². The summed E-state index contributed by atoms with van der Waals surface area (Å²) in [5, 5.41) is 5.36. The summed E-state index contributed by atoms with van der Waals surface area (Å²) >= 11 is 5.84. The molecule has 1 heterocycles. The molecule has 1 aliphatic carbocycles. The fraction of sp³-hybridized carbons (Fsp3) is 0.375. The minimum Gasteiger partial charge on any atom is -0.322 e. The largest absolute Gasteiger partial charge is 0.436 e. The molecule has 134 valence electrons. The highest BCUT2D eigenvalue weighted by Gasteiger charge is 2.42. The number of amides is 1. The number of nitrogens with zero attached hydrogens (tertiary/aromatic N) is 2. The van der Waals surface area contributed by atoms with Crippen molar-refractivity contribution in [3.8, 4) is 0 Å². The molecular formula is C16H14ClF4N3O. The number of benzene rings is 1. The van der Waals surface area contributed by atoms with Gasteiger partial charge < -0.3 is 5.32 Å². The maximum Gasteiger partial charge on any atom is 0.436 e. The molecule has 0 atom stereocenters. The Kier molecular flexibility index (Phi) is 4.49. The van der Waals surface area contributed by atoms with E-state index in [-0.39, 0.29) is 17.3 Å². The first-order chi connectivity index (χ1) is 11.7. The number of hydrogen-bond acceptors (Lipinski definition) is 2. The van der Waals surface area contributed by atoms with Crippen molar-refractivity contribution >= 4 is 23.2 Å². The maximum absolute atomic E-state index is 13.7. The van der Waals surface area contributed by atoms with Crippen LogP contribution < -0.4 is 5.32 Å². The standard InChI is InChI=1S/C16H14ClF4N3O/c1-8-2-5-10(18)11(6-8)22-12(25)7-24-14(9-3-4-9)13(17)15(23-24)16(19,20)21/h2,5-6,9H,3-4,7H2,1H3,(H,22,25). The Balaban J connectivity index is 1.85. The van der Waals surface area contributed by atoms with Crippen LogP contribution in [0.3, 0.4) is 0 Å². The highest BCUT2D eigenvalue weighted by molar-refractivity contribution is 6.32. The van der Waals surface area contributed by atoms with Crippen molar-refractivity contribution in [2.24, 2.45) is 0 Å². The van der Waals surface area contributed by atoms with Crippen molar-refractivity contribution in [3.63, 3.8) is 0 Å². The zero-order valence-electron chi connectivity index (χ0n) is 13.1. The second kappa shape index (κ2) is 6.33. The first-order valence-corrected chi connectivity index (χ1v) is 7.94. The van der Waals surface area contributed by atoms with Crippen LogP contribution in [0.1, 0.15) is 35.7 Å². The molecule has 0 radical (unpaired) electrons. The lowest BCUT2D eigenvalue weighted by Gasteiger charge is -2.09. The van der Waals surface area contributed by atoms with Crippen molar-refractivity contribution < 1.29 is 22.4 Å². The second-order valence-electron chi connectivity index (χ2n) is 6.01. The van der Waals surface area contributed by atoms with Gasteiger partial charge in [0.15, 0.2) is 5.69 Å². The molecule has 0 unspecified atom stereocenters. The number of carbonyl (C=O) groups excluding carboxylic acids is 1. The van der Waals surface area contributed by atoms with E-state index in [2.05, 4.69) is 10.4 Å². The van der Waals surface area contributed by atoms with Crippen molar-refractivity contribution in [1.82, 2.24) is 9.78 Å². The van der Waals surface area contributed by atoms with Crippen LogP contribution in [0.25, 0.3) is 0 Å². The third-order valence-electron chi connectivity index (χ3n) is 3.85. The third kappa shape index (κ3) is 3.78. The summed E-state index contributed by atoms with van der Waals surface area (Å²) in [4.78, 5) is 12.1. The SMILES string of the molecule is Cc1ccc(F)c(NC(=O)Cn2nc(C(F)(F)F)c(Cl)c2C2CC2)c1. The first kappa shape index (κ1) is 17.7. The van der Waals surface area contributed by atoms with Crippen LogP contribution in [0, 0.1) is 12.7 Å². The zero-order chi connectivity index (χ0) is 18.4. The molecule has 9 heteroatoms. The Morgan fingerprint density at radius 2 is 2.08 bits per heavy atom. The van der Waals surface area contributed by atoms with Gasteiger partial charge in [0, 0.05) is 5.92 Å². The van der Waals surface area contributed by atoms with Crippen LogP contribution in [-0.2, 0) is 17.5 Å². The van der Waals surface area contributed by atoms with Gasteiger partial charge in [-0.2, -0.15) is 18.3 Å². The summed E-state index contributed by atoms with van der Waals surface area (Å²) in [6, 6.07) is 4.18. The zero-order valence-corrected chi connectivity index (χ0v) is 13.9. The van der Waals surface area contributed by atoms with E-state index in [9.17, 15) is 22.4 Å². The number of nitrogens with one attached hydrogen (secondary N) is 1. The lowest BCUT2D eigenvalue weighted by molar-refractivity contribution is -0.141. The third-order valence-corrected chi connectivity index (χ3v) is 4.23. The minimum atomic E-state index is -4.70. The average molecular weight is 376 g/mol. The van der Waals surface area contributed by atoms with Crippen molar-refractivity contribution in [1.29, 1.82) is 0 Å². The number of carbonyl (C=O) groups is 1. The molecule has 1 fully saturated rings. The lowest BCUT2D eigenvalue weighted by atomic mass is 10.2. The normalized spacial score (nSPS) is 14.6. The Hall–Kier alpha value is -2.09. The summed E-state index contributed by atoms with van der Waals surface area (Å²) in [7, 11) is 0. The predicted octanol–water partition coefficient (Wildman–Crippen LogP) is 4.52. The van der Waals surface area contributed by atoms with Gasteiger partial charge >= 0.3 is 6.18 Å². The highest BCUT2D eigenvalue weighted by atomic mass is 35.5. The topological polar surface area (TPSA) is 46.9 Å². The number of hydrogen-bond donors (Lipinski definition) is 1. The van der Waals surface area contributed by atoms with E-state index in [1.807, 2.05) is 0 Å². The molecule has 1 aromatic carbocycles. The van der Waals surface area contributed by atoms with Gasteiger partial charge in [-0.15, -0.1) is 0 Å². The second-order valence-corrected chi connectivity index (χ2v) is 6.39. The Labute approximate surface area is 145 Å². The smallest absolute Gasteiger partial charge is 0.322 e. The Morgan fingerprint density at radius 3 is 2.68 bits per heavy atom. The monoisotopic (exact) mass is 375 g/mol. The predicted molar refractivity (Wildman–Crippen MR) is 84.0 cm³/mol. The van der Waals surface area contributed by atoms with Crippen LogP contribution in [0.5, 0.6) is 0 Å². The molecule has 3 rings (SSSR count). The number of alkyl halides is 3. The number of aromatic nitrogens is 2. The molecule has 1 saturated carbocycles. The molecular weight excluding hydrogens is 362 g/mol. The van der Waals surface area contributed by atoms with E-state index in [4.69, 9.17) is 11.6 Å². The Bertz CT molecular complexity index is 828. The van der Waals surface area contributed by atoms with Crippen LogP contribution in [-0.4, -0.2) is 15.7 Å². The van der Waals surface area contributed by atoms with Crippen LogP contribution in [0.15, 0.2) is 18.2 Å². The highest BCUT2D eigenvalue weighted by Crippen LogP contribution is 2.46. The first-order valence-electron chi connectivity index (χ1n) is 7.56. The fourth-order valence-electron chi connectivity index (χ4n) is 2.56. The molecule has 0 saturated heterocycles. The van der Waals surface area contributed by atoms with Gasteiger partial charge in [0.25, 0.3) is 0 Å². The minimum absolute atomic E-state index is 0.0349. The fourth-order valence-corrected chi connectivity index (χ4v) is 2.96. The van der Waals surface area contributed by atoms with E-state index in [1.165, 1.54) is 12.1 Å². The quantitative estimate of drug-likeness (QED) is 0.799. The summed E-state index contributed by atoms with van der Waals surface area (Å²) in [5.41, 5.74) is -0.302. The van der Waals surface area contributed by atoms with Gasteiger partial charge in [-0.3, -0.25) is 9.48 Å². The van der Waals surface area contributed by atoms with Crippen molar-refractivity contribution in [2.75, 3.05) is 5.32 Å². The molecule has 0 spiro atoms. The number of rotatable bonds is 4. The van der Waals surface area contributed by atoms with Gasteiger partial charge in [0.2, 0.25) is 5.91 Å². The molecule has 1 aliphatic rings. The lowest BCUT2D eigenvalue weighted by Crippen LogP contribution is -2.22. The summed E-state index contributed by atoms with van der Waals surface area (Å²) in [6.45, 7) is 1.25. The van der Waals surface area contributed by atoms with E-state index < -0.39 is 35.2 Å². The van der Waals surface area contributed by atoms with E-state index >= 15 is 0 Å². The molecule has 0 bridgehead atoms. The van der Waals surface area contributed by atoms with Crippen LogP contribution >= 0.6 is 11.6 Å². The number of anilines is 1. The van der Waals surface area contributed by atoms with Crippen molar-refractivity contribution in [3.05, 3.63) is 46.0 Å². The van der Waals surface area contributed by atoms with Crippen LogP contribution in [0.4, 0.5) is 23.2 Å². The van der Waals surface area contributed by atoms with Gasteiger partial charge in [0.05, 0.1) is 16.4 Å². The average Bonchev–Trinajstić information content (AvgIpc) is 3.26. The van der Waals surface area contributed by atoms with Gasteiger partial charge in [0.1, 0.15) is 12.4 Å². The van der Waals surface area contributed by atoms with Gasteiger partial charge in [-0.25, -0.2) is 4.39 Å². The summed E-state index contributed by atoms with van der Waals surface area (Å²) < 4.78 is 53.7. The van der Waals surface area contributed by atoms with Crippen molar-refractivity contribution in [2.45, 2.75) is 38.4 Å². The van der Waals surface area contributed by atoms with Crippen LogP contribution in [0.2, 0.25) is 5.02 Å².